The van der Waals surface area contributed by atoms with Gasteiger partial charge in [0.15, 0.2) is 0 Å². The van der Waals surface area contributed by atoms with Gasteiger partial charge < -0.3 is 5.11 Å². The van der Waals surface area contributed by atoms with Crippen molar-refractivity contribution in [2.75, 3.05) is 0 Å². The van der Waals surface area contributed by atoms with E-state index < -0.39 is 0 Å². The molecular weight excluding hydrogens is 200 g/mol. The fraction of sp³-hybridized carbons (Fsp3) is 0.500. The molecule has 0 radical (unpaired) electrons. The van der Waals surface area contributed by atoms with Crippen molar-refractivity contribution in [3.8, 4) is 5.75 Å². The van der Waals surface area contributed by atoms with Gasteiger partial charge in [-0.25, -0.2) is 0 Å². The lowest BCUT2D eigenvalue weighted by molar-refractivity contribution is -0.119. The van der Waals surface area contributed by atoms with Gasteiger partial charge in [0, 0.05) is 0 Å². The summed E-state index contributed by atoms with van der Waals surface area (Å²) < 4.78 is 0. The van der Waals surface area contributed by atoms with Gasteiger partial charge in [-0.15, -0.1) is 0 Å². The Bertz CT molecular complexity index is 454. The van der Waals surface area contributed by atoms with Gasteiger partial charge in [-0.1, -0.05) is 12.1 Å². The average Bonchev–Trinajstić information content (AvgIpc) is 3.12. The van der Waals surface area contributed by atoms with Crippen LogP contribution in [-0.2, 0) is 10.2 Å². The molecule has 3 rings (SSSR count). The third kappa shape index (κ3) is 1.36. The van der Waals surface area contributed by atoms with E-state index in [4.69, 9.17) is 0 Å². The van der Waals surface area contributed by atoms with Crippen LogP contribution in [-0.4, -0.2) is 10.9 Å². The first-order valence-corrected chi connectivity index (χ1v) is 5.98. The van der Waals surface area contributed by atoms with E-state index in [9.17, 15) is 9.90 Å². The molecule has 0 atom stereocenters. The summed E-state index contributed by atoms with van der Waals surface area (Å²) >= 11 is 0. The minimum atomic E-state index is -0.264. The molecule has 1 N–H and O–H groups in total. The number of ketones is 1. The van der Waals surface area contributed by atoms with Gasteiger partial charge in [-0.3, -0.25) is 4.79 Å². The molecule has 1 aromatic carbocycles. The topological polar surface area (TPSA) is 37.3 Å². The fourth-order valence-corrected chi connectivity index (χ4v) is 2.55. The van der Waals surface area contributed by atoms with Gasteiger partial charge in [0.25, 0.3) is 0 Å². The lowest BCUT2D eigenvalue weighted by atomic mass is 9.90. The second-order valence-electron chi connectivity index (χ2n) is 5.19. The molecule has 0 saturated heterocycles. The van der Waals surface area contributed by atoms with Gasteiger partial charge in [-0.05, 0) is 55.7 Å². The molecule has 16 heavy (non-hydrogen) atoms. The zero-order valence-corrected chi connectivity index (χ0v) is 9.49. The molecule has 0 unspecified atom stereocenters. The number of rotatable bonds is 3. The summed E-state index contributed by atoms with van der Waals surface area (Å²) in [7, 11) is 0. The zero-order valence-electron chi connectivity index (χ0n) is 9.49. The summed E-state index contributed by atoms with van der Waals surface area (Å²) in [5.41, 5.74) is 1.80. The van der Waals surface area contributed by atoms with Crippen molar-refractivity contribution in [3.05, 3.63) is 29.3 Å². The maximum atomic E-state index is 11.6. The third-order valence-electron chi connectivity index (χ3n) is 4.02. The number of Topliss-reactive ketones (excluding diaryl/α,β-unsaturated/α-hetero) is 1. The maximum absolute atomic E-state index is 11.6. The summed E-state index contributed by atoms with van der Waals surface area (Å²) in [4.78, 5) is 11.6. The number of phenolic OH excluding ortho intramolecular Hbond substituents is 1. The van der Waals surface area contributed by atoms with Gasteiger partial charge >= 0.3 is 0 Å². The Morgan fingerprint density at radius 1 is 1.38 bits per heavy atom. The number of phenols is 1. The zero-order chi connectivity index (χ0) is 11.3. The number of carbonyl (C=O) groups is 1. The van der Waals surface area contributed by atoms with Crippen molar-refractivity contribution < 1.29 is 9.90 Å². The molecular formula is C14H16O2. The molecule has 2 nitrogen and oxygen atoms in total. The summed E-state index contributed by atoms with van der Waals surface area (Å²) in [6.07, 6.45) is 4.24. The Balaban J connectivity index is 1.97. The van der Waals surface area contributed by atoms with Crippen LogP contribution in [0.2, 0.25) is 0 Å². The summed E-state index contributed by atoms with van der Waals surface area (Å²) in [5, 5.41) is 9.96. The van der Waals surface area contributed by atoms with E-state index in [1.807, 2.05) is 18.2 Å². The molecule has 0 spiro atoms. The first-order chi connectivity index (χ1) is 7.63. The van der Waals surface area contributed by atoms with Gasteiger partial charge in [0.05, 0.1) is 5.41 Å². The van der Waals surface area contributed by atoms with E-state index in [1.54, 1.807) is 6.92 Å². The molecule has 0 aliphatic heterocycles. The molecule has 0 amide bonds. The fourth-order valence-electron chi connectivity index (χ4n) is 2.55. The predicted octanol–water partition coefficient (Wildman–Crippen LogP) is 2.89. The molecule has 1 aromatic rings. The number of aromatic hydroxyl groups is 1. The predicted molar refractivity (Wildman–Crippen MR) is 61.7 cm³/mol. The largest absolute Gasteiger partial charge is 0.508 e. The first kappa shape index (κ1) is 9.88. The maximum Gasteiger partial charge on any atom is 0.140 e. The molecule has 2 aliphatic carbocycles. The SMILES string of the molecule is CC(=O)C1(c2ccc(C3CC3)c(O)c2)CC1. The lowest BCUT2D eigenvalue weighted by Crippen LogP contribution is -2.16. The van der Waals surface area contributed by atoms with Crippen molar-refractivity contribution in [2.45, 2.75) is 43.9 Å². The average molecular weight is 216 g/mol. The van der Waals surface area contributed by atoms with Crippen LogP contribution >= 0.6 is 0 Å². The second-order valence-corrected chi connectivity index (χ2v) is 5.19. The molecule has 0 aromatic heterocycles. The van der Waals surface area contributed by atoms with Crippen molar-refractivity contribution in [1.82, 2.24) is 0 Å². The standard InChI is InChI=1S/C14H16O2/c1-9(15)14(6-7-14)11-4-5-12(10-2-3-10)13(16)8-11/h4-5,8,10,16H,2-3,6-7H2,1H3. The summed E-state index contributed by atoms with van der Waals surface area (Å²) in [6.45, 7) is 1.65. The van der Waals surface area contributed by atoms with Crippen LogP contribution in [0.3, 0.4) is 0 Å². The molecule has 0 bridgehead atoms. The van der Waals surface area contributed by atoms with Crippen LogP contribution in [0.25, 0.3) is 0 Å². The van der Waals surface area contributed by atoms with Crippen molar-refractivity contribution in [1.29, 1.82) is 0 Å². The van der Waals surface area contributed by atoms with Crippen LogP contribution in [0.1, 0.15) is 49.7 Å². The highest BCUT2D eigenvalue weighted by Gasteiger charge is 2.49. The molecule has 84 valence electrons. The van der Waals surface area contributed by atoms with E-state index in [-0.39, 0.29) is 11.2 Å². The van der Waals surface area contributed by atoms with Crippen LogP contribution in [0.15, 0.2) is 18.2 Å². The quantitative estimate of drug-likeness (QED) is 0.843. The molecule has 2 fully saturated rings. The van der Waals surface area contributed by atoms with E-state index in [0.29, 0.717) is 11.7 Å². The van der Waals surface area contributed by atoms with Crippen molar-refractivity contribution in [3.63, 3.8) is 0 Å². The van der Waals surface area contributed by atoms with E-state index >= 15 is 0 Å². The van der Waals surface area contributed by atoms with Crippen LogP contribution < -0.4 is 0 Å². The summed E-state index contributed by atoms with van der Waals surface area (Å²) in [6, 6.07) is 5.84. The third-order valence-corrected chi connectivity index (χ3v) is 4.02. The number of carbonyl (C=O) groups excluding carboxylic acids is 1. The Hall–Kier alpha value is -1.31. The van der Waals surface area contributed by atoms with Gasteiger partial charge in [-0.2, -0.15) is 0 Å². The number of hydrogen-bond acceptors (Lipinski definition) is 2. The highest BCUT2D eigenvalue weighted by molar-refractivity contribution is 5.91. The highest BCUT2D eigenvalue weighted by atomic mass is 16.3. The van der Waals surface area contributed by atoms with Crippen LogP contribution in [0.4, 0.5) is 0 Å². The first-order valence-electron chi connectivity index (χ1n) is 5.98. The number of hydrogen-bond donors (Lipinski definition) is 1. The minimum absolute atomic E-state index is 0.228. The van der Waals surface area contributed by atoms with Crippen molar-refractivity contribution >= 4 is 5.78 Å². The van der Waals surface area contributed by atoms with E-state index in [2.05, 4.69) is 0 Å². The molecule has 0 heterocycles. The van der Waals surface area contributed by atoms with Crippen molar-refractivity contribution in [2.24, 2.45) is 0 Å². The number of benzene rings is 1. The molecule has 2 heteroatoms. The highest BCUT2D eigenvalue weighted by Crippen LogP contribution is 2.51. The molecule has 2 aliphatic rings. The van der Waals surface area contributed by atoms with Gasteiger partial charge in [0.2, 0.25) is 0 Å². The smallest absolute Gasteiger partial charge is 0.140 e. The Kier molecular flexibility index (Phi) is 1.91. The monoisotopic (exact) mass is 216 g/mol. The Morgan fingerprint density at radius 2 is 2.06 bits per heavy atom. The van der Waals surface area contributed by atoms with E-state index in [0.717, 1.165) is 24.0 Å². The van der Waals surface area contributed by atoms with Gasteiger partial charge in [0.1, 0.15) is 11.5 Å². The summed E-state index contributed by atoms with van der Waals surface area (Å²) in [5.74, 6) is 1.17. The Labute approximate surface area is 95.3 Å². The molecule has 2 saturated carbocycles. The normalized spacial score (nSPS) is 21.8. The second kappa shape index (κ2) is 3.09. The van der Waals surface area contributed by atoms with Crippen LogP contribution in [0.5, 0.6) is 5.75 Å². The van der Waals surface area contributed by atoms with Crippen LogP contribution in [0, 0.1) is 0 Å². The van der Waals surface area contributed by atoms with E-state index in [1.165, 1.54) is 12.8 Å². The lowest BCUT2D eigenvalue weighted by Gasteiger charge is -2.13. The Morgan fingerprint density at radius 3 is 2.50 bits per heavy atom. The minimum Gasteiger partial charge on any atom is -0.508 e.